The van der Waals surface area contributed by atoms with Gasteiger partial charge in [-0.05, 0) is 76.2 Å². The van der Waals surface area contributed by atoms with Crippen molar-refractivity contribution in [3.8, 4) is 0 Å². The molecule has 0 amide bonds. The summed E-state index contributed by atoms with van der Waals surface area (Å²) in [5, 5.41) is 0. The fourth-order valence-electron chi connectivity index (χ4n) is 5.05. The van der Waals surface area contributed by atoms with Gasteiger partial charge in [-0.3, -0.25) is 16.7 Å². The van der Waals surface area contributed by atoms with Crippen LogP contribution in [0.2, 0.25) is 0 Å². The number of ether oxygens (including phenoxy) is 2. The molecular weight excluding hydrogens is 773 g/mol. The summed E-state index contributed by atoms with van der Waals surface area (Å²) in [6.07, 6.45) is -7.13. The predicted octanol–water partition coefficient (Wildman–Crippen LogP) is 4.32. The molecule has 0 unspecified atom stereocenters. The number of rotatable bonds is 15. The Morgan fingerprint density at radius 2 is 0.906 bits per heavy atom. The van der Waals surface area contributed by atoms with Gasteiger partial charge in [-0.15, -0.1) is 0 Å². The molecule has 1 fully saturated rings. The van der Waals surface area contributed by atoms with Crippen molar-refractivity contribution in [2.45, 2.75) is 71.7 Å². The smallest absolute Gasteiger partial charge is 0.297 e. The van der Waals surface area contributed by atoms with Gasteiger partial charge in [0.15, 0.2) is 0 Å². The summed E-state index contributed by atoms with van der Waals surface area (Å²) in [4.78, 5) is -1.06. The molecule has 1 aliphatic heterocycles. The average Bonchev–Trinajstić information content (AvgIpc) is 3.10. The molecule has 0 N–H and O–H groups in total. The van der Waals surface area contributed by atoms with Crippen LogP contribution >= 0.6 is 0 Å². The van der Waals surface area contributed by atoms with Crippen LogP contribution in [-0.2, 0) is 66.7 Å². The molecule has 5 rings (SSSR count). The van der Waals surface area contributed by atoms with Crippen molar-refractivity contribution in [2.24, 2.45) is 0 Å². The normalized spacial score (nSPS) is 19.1. The van der Waals surface area contributed by atoms with Crippen LogP contribution in [0.15, 0.2) is 117 Å². The zero-order valence-corrected chi connectivity index (χ0v) is 32.3. The first-order valence-corrected chi connectivity index (χ1v) is 21.6. The average molecular weight is 811 g/mol. The maximum atomic E-state index is 13.7. The Morgan fingerprint density at radius 1 is 0.528 bits per heavy atom. The Hall–Kier alpha value is -3.56. The van der Waals surface area contributed by atoms with E-state index < -0.39 is 84.9 Å². The van der Waals surface area contributed by atoms with E-state index in [-0.39, 0.29) is 19.6 Å². The largest absolute Gasteiger partial charge is 0.347 e. The van der Waals surface area contributed by atoms with Crippen molar-refractivity contribution >= 4 is 40.5 Å². The number of hydrogen-bond acceptors (Lipinski definition) is 14. The first kappa shape index (κ1) is 40.6. The third-order valence-corrected chi connectivity index (χ3v) is 13.4. The van der Waals surface area contributed by atoms with Gasteiger partial charge in [0.2, 0.25) is 0 Å². The molecule has 1 saturated heterocycles. The zero-order chi connectivity index (χ0) is 38.6. The lowest BCUT2D eigenvalue weighted by Crippen LogP contribution is -2.57. The van der Waals surface area contributed by atoms with Crippen LogP contribution in [-0.4, -0.2) is 78.1 Å². The van der Waals surface area contributed by atoms with Gasteiger partial charge in [-0.25, -0.2) is 0 Å². The van der Waals surface area contributed by atoms with Crippen molar-refractivity contribution in [3.05, 3.63) is 119 Å². The Labute approximate surface area is 310 Å². The molecule has 14 nitrogen and oxygen atoms in total. The first-order chi connectivity index (χ1) is 24.9. The SMILES string of the molecule is Cc1ccc(S(=O)(=O)OC[C@@H]2OCO[C@@H]([C@@H](COS(=O)(=O)c3ccc(C)cc3)OS(=O)(=O)c3ccc(C)cc3)[C@@H]2OS(=O)(=O)c2ccc(C)cc2)cc1. The third kappa shape index (κ3) is 10.4. The minimum atomic E-state index is -4.71. The summed E-state index contributed by atoms with van der Waals surface area (Å²) in [7, 11) is -18.4. The van der Waals surface area contributed by atoms with Crippen LogP contribution < -0.4 is 0 Å². The monoisotopic (exact) mass is 810 g/mol. The van der Waals surface area contributed by atoms with E-state index in [1.54, 1.807) is 39.8 Å². The molecule has 0 aromatic heterocycles. The molecule has 0 radical (unpaired) electrons. The molecule has 0 spiro atoms. The second-order valence-electron chi connectivity index (χ2n) is 12.3. The quantitative estimate of drug-likeness (QED) is 0.154. The van der Waals surface area contributed by atoms with E-state index in [9.17, 15) is 33.7 Å². The lowest BCUT2D eigenvalue weighted by atomic mass is 10.0. The van der Waals surface area contributed by atoms with Crippen LogP contribution in [0.3, 0.4) is 0 Å². The fraction of sp³-hybridized carbons (Fsp3) is 0.314. The van der Waals surface area contributed by atoms with Crippen LogP contribution in [0.1, 0.15) is 22.3 Å². The topological polar surface area (TPSA) is 192 Å². The fourth-order valence-corrected chi connectivity index (χ4v) is 9.07. The molecule has 0 aliphatic carbocycles. The summed E-state index contributed by atoms with van der Waals surface area (Å²) >= 11 is 0. The summed E-state index contributed by atoms with van der Waals surface area (Å²) in [5.74, 6) is 0. The van der Waals surface area contributed by atoms with Crippen molar-refractivity contribution in [2.75, 3.05) is 20.0 Å². The van der Waals surface area contributed by atoms with E-state index in [4.69, 9.17) is 26.2 Å². The van der Waals surface area contributed by atoms with E-state index in [0.717, 1.165) is 22.3 Å². The highest BCUT2D eigenvalue weighted by Gasteiger charge is 2.47. The van der Waals surface area contributed by atoms with E-state index in [1.807, 2.05) is 0 Å². The molecule has 4 aromatic rings. The van der Waals surface area contributed by atoms with Gasteiger partial charge in [-0.1, -0.05) is 70.8 Å². The van der Waals surface area contributed by atoms with E-state index >= 15 is 0 Å². The van der Waals surface area contributed by atoms with Gasteiger partial charge in [0, 0.05) is 0 Å². The lowest BCUT2D eigenvalue weighted by molar-refractivity contribution is -0.247. The molecule has 18 heteroatoms. The third-order valence-electron chi connectivity index (χ3n) is 8.10. The van der Waals surface area contributed by atoms with Crippen molar-refractivity contribution in [3.63, 3.8) is 0 Å². The van der Waals surface area contributed by atoms with Gasteiger partial charge < -0.3 is 9.47 Å². The van der Waals surface area contributed by atoms with Crippen LogP contribution in [0.5, 0.6) is 0 Å². The number of hydrogen-bond donors (Lipinski definition) is 0. The van der Waals surface area contributed by atoms with Crippen LogP contribution in [0.4, 0.5) is 0 Å². The molecule has 1 heterocycles. The minimum absolute atomic E-state index is 0.198. The summed E-state index contributed by atoms with van der Waals surface area (Å²) in [6, 6.07) is 22.5. The standard InChI is InChI=1S/C35H38O14S4/c1-24-5-13-28(14-6-24)50(36,37)46-21-32-35(49-53(42,43)31-19-11-27(4)12-20-31)34(45-23-44-32)33(48-52(40,41)30-17-9-26(3)10-18-30)22-47-51(38,39)29-15-7-25(2)8-16-29/h5-20,32-35H,21-23H2,1-4H3/t32-,33+,34-,35+/m0/s1. The van der Waals surface area contributed by atoms with Gasteiger partial charge in [0.05, 0.1) is 32.8 Å². The van der Waals surface area contributed by atoms with E-state index in [0.29, 0.717) is 0 Å². The predicted molar refractivity (Wildman–Crippen MR) is 190 cm³/mol. The van der Waals surface area contributed by atoms with Gasteiger partial charge >= 0.3 is 0 Å². The summed E-state index contributed by atoms with van der Waals surface area (Å²) in [5.41, 5.74) is 3.02. The molecule has 1 aliphatic rings. The van der Waals surface area contributed by atoms with E-state index in [1.165, 1.54) is 84.9 Å². The van der Waals surface area contributed by atoms with Crippen molar-refractivity contribution < 1.29 is 59.9 Å². The Kier molecular flexibility index (Phi) is 12.6. The maximum Gasteiger partial charge on any atom is 0.297 e. The molecule has 286 valence electrons. The number of benzene rings is 4. The highest BCUT2D eigenvalue weighted by Crippen LogP contribution is 2.30. The number of aryl methyl sites for hydroxylation is 4. The van der Waals surface area contributed by atoms with Crippen molar-refractivity contribution in [1.82, 2.24) is 0 Å². The van der Waals surface area contributed by atoms with Crippen molar-refractivity contribution in [1.29, 1.82) is 0 Å². The molecule has 4 aromatic carbocycles. The maximum absolute atomic E-state index is 13.7. The Morgan fingerprint density at radius 3 is 1.34 bits per heavy atom. The Balaban J connectivity index is 1.53. The molecule has 53 heavy (non-hydrogen) atoms. The second kappa shape index (κ2) is 16.4. The van der Waals surface area contributed by atoms with Gasteiger partial charge in [0.1, 0.15) is 31.2 Å². The highest BCUT2D eigenvalue weighted by molar-refractivity contribution is 7.87. The van der Waals surface area contributed by atoms with Gasteiger partial charge in [-0.2, -0.15) is 33.7 Å². The Bertz CT molecular complexity index is 2310. The molecule has 4 atom stereocenters. The summed E-state index contributed by atoms with van der Waals surface area (Å²) < 4.78 is 140. The molecular formula is C35H38O14S4. The van der Waals surface area contributed by atoms with Crippen LogP contribution in [0.25, 0.3) is 0 Å². The molecule has 0 saturated carbocycles. The van der Waals surface area contributed by atoms with Gasteiger partial charge in [0.25, 0.3) is 40.5 Å². The van der Waals surface area contributed by atoms with Crippen LogP contribution in [0, 0.1) is 27.7 Å². The first-order valence-electron chi connectivity index (χ1n) is 16.0. The second-order valence-corrected chi connectivity index (χ2v) is 18.7. The minimum Gasteiger partial charge on any atom is -0.347 e. The molecule has 0 bridgehead atoms. The zero-order valence-electron chi connectivity index (χ0n) is 29.0. The highest BCUT2D eigenvalue weighted by atomic mass is 32.2. The lowest BCUT2D eigenvalue weighted by Gasteiger charge is -2.39. The summed E-state index contributed by atoms with van der Waals surface area (Å²) in [6.45, 7) is 4.46. The van der Waals surface area contributed by atoms with E-state index in [2.05, 4.69) is 0 Å².